The van der Waals surface area contributed by atoms with Gasteiger partial charge >= 0.3 is 0 Å². The fourth-order valence-corrected chi connectivity index (χ4v) is 4.10. The number of nitrogens with two attached hydrogens (primary N) is 1. The molecule has 0 saturated heterocycles. The molecule has 3 aromatic rings. The number of benzene rings is 3. The number of aryl methyl sites for hydroxylation is 1. The zero-order valence-corrected chi connectivity index (χ0v) is 20.5. The van der Waals surface area contributed by atoms with Crippen LogP contribution in [0.2, 0.25) is 5.02 Å². The Balaban J connectivity index is 0.00000341. The van der Waals surface area contributed by atoms with Crippen LogP contribution in [0.15, 0.2) is 56.4 Å². The van der Waals surface area contributed by atoms with E-state index in [0.717, 1.165) is 18.2 Å². The van der Waals surface area contributed by atoms with Crippen molar-refractivity contribution in [2.75, 3.05) is 5.73 Å². The molecule has 0 amide bonds. The van der Waals surface area contributed by atoms with Crippen molar-refractivity contribution < 1.29 is 31.0 Å². The van der Waals surface area contributed by atoms with E-state index < -0.39 is 35.8 Å². The van der Waals surface area contributed by atoms with E-state index in [-0.39, 0.29) is 62.4 Å². The van der Waals surface area contributed by atoms with Gasteiger partial charge in [0.15, 0.2) is 0 Å². The summed E-state index contributed by atoms with van der Waals surface area (Å²) in [5.41, 5.74) is 6.09. The summed E-state index contributed by atoms with van der Waals surface area (Å²) in [6.07, 6.45) is 0. The average Bonchev–Trinajstić information content (AvgIpc) is 2.61. The number of phenols is 1. The van der Waals surface area contributed by atoms with E-state index in [4.69, 9.17) is 17.3 Å². The SMILES string of the molecule is Cc1cc(N=Nc2c(N)ccc3cc(S(=O)(=O)O)cc(O)c23)c(S(=O)(=O)O)cc1Cl.[Na]. The van der Waals surface area contributed by atoms with Gasteiger partial charge in [-0.1, -0.05) is 17.7 Å². The van der Waals surface area contributed by atoms with Crippen LogP contribution in [0.5, 0.6) is 5.75 Å². The van der Waals surface area contributed by atoms with Gasteiger partial charge in [0.05, 0.1) is 16.0 Å². The standard InChI is InChI=1S/C17H14ClN3O7S2.Na/c1-8-4-13(15(7-11(8)18)30(26,27)28)20-21-17-12(19)3-2-9-5-10(29(23,24)25)6-14(22)16(9)17;/h2-7,22H,19H2,1H3,(H,23,24,25)(H,26,27,28);. The first-order valence-electron chi connectivity index (χ1n) is 8.01. The number of fused-ring (bicyclic) bond motifs is 1. The first-order chi connectivity index (χ1) is 13.8. The predicted octanol–water partition coefficient (Wildman–Crippen LogP) is 3.62. The fourth-order valence-electron chi connectivity index (χ4n) is 2.71. The van der Waals surface area contributed by atoms with E-state index in [1.54, 1.807) is 6.92 Å². The first-order valence-corrected chi connectivity index (χ1v) is 11.3. The largest absolute Gasteiger partial charge is 0.507 e. The molecule has 0 spiro atoms. The molecule has 0 aliphatic carbocycles. The molecule has 3 rings (SSSR count). The number of rotatable bonds is 4. The van der Waals surface area contributed by atoms with E-state index >= 15 is 0 Å². The minimum atomic E-state index is -4.67. The second-order valence-corrected chi connectivity index (χ2v) is 9.48. The van der Waals surface area contributed by atoms with Crippen LogP contribution < -0.4 is 5.73 Å². The van der Waals surface area contributed by atoms with Gasteiger partial charge in [-0.25, -0.2) is 0 Å². The molecular formula is C17H14ClN3NaO7S2. The molecule has 14 heteroatoms. The van der Waals surface area contributed by atoms with Crippen LogP contribution in [-0.4, -0.2) is 60.6 Å². The van der Waals surface area contributed by atoms with E-state index in [0.29, 0.717) is 5.56 Å². The number of halogens is 1. The topological polar surface area (TPSA) is 180 Å². The van der Waals surface area contributed by atoms with Crippen LogP contribution in [0.1, 0.15) is 5.56 Å². The van der Waals surface area contributed by atoms with Crippen molar-refractivity contribution in [2.45, 2.75) is 16.7 Å². The van der Waals surface area contributed by atoms with Gasteiger partial charge in [0.2, 0.25) is 0 Å². The summed E-state index contributed by atoms with van der Waals surface area (Å²) >= 11 is 5.91. The summed E-state index contributed by atoms with van der Waals surface area (Å²) in [6, 6.07) is 6.97. The number of phenolic OH excluding ortho intramolecular Hbond substituents is 1. The number of nitrogens with zero attached hydrogens (tertiary/aromatic N) is 2. The molecular weight excluding hydrogens is 481 g/mol. The van der Waals surface area contributed by atoms with Gasteiger partial charge in [0.25, 0.3) is 20.2 Å². The normalized spacial score (nSPS) is 12.3. The van der Waals surface area contributed by atoms with Gasteiger partial charge in [-0.2, -0.15) is 16.8 Å². The molecule has 0 saturated carbocycles. The average molecular weight is 495 g/mol. The van der Waals surface area contributed by atoms with Gasteiger partial charge in [-0.15, -0.1) is 10.2 Å². The monoisotopic (exact) mass is 494 g/mol. The van der Waals surface area contributed by atoms with E-state index in [9.17, 15) is 31.0 Å². The van der Waals surface area contributed by atoms with E-state index in [1.807, 2.05) is 0 Å². The maximum atomic E-state index is 11.6. The third-order valence-electron chi connectivity index (χ3n) is 4.15. The van der Waals surface area contributed by atoms with Crippen molar-refractivity contribution in [3.63, 3.8) is 0 Å². The first kappa shape index (κ1) is 25.5. The Hall–Kier alpha value is -1.77. The van der Waals surface area contributed by atoms with Crippen molar-refractivity contribution in [3.8, 4) is 5.75 Å². The van der Waals surface area contributed by atoms with Gasteiger partial charge in [-0.05, 0) is 42.1 Å². The van der Waals surface area contributed by atoms with Crippen molar-refractivity contribution >= 4 is 89.2 Å². The third-order valence-corrected chi connectivity index (χ3v) is 6.27. The fraction of sp³-hybridized carbons (Fsp3) is 0.0588. The Morgan fingerprint density at radius 3 is 2.19 bits per heavy atom. The van der Waals surface area contributed by atoms with Crippen molar-refractivity contribution in [2.24, 2.45) is 10.2 Å². The number of anilines is 1. The third kappa shape index (κ3) is 5.35. The second kappa shape index (κ2) is 9.00. The molecule has 0 fully saturated rings. The quantitative estimate of drug-likeness (QED) is 0.183. The van der Waals surface area contributed by atoms with Gasteiger partial charge < -0.3 is 10.8 Å². The minimum Gasteiger partial charge on any atom is -0.507 e. The van der Waals surface area contributed by atoms with Crippen LogP contribution in [0.4, 0.5) is 17.1 Å². The van der Waals surface area contributed by atoms with Crippen molar-refractivity contribution in [1.29, 1.82) is 0 Å². The smallest absolute Gasteiger partial charge is 0.296 e. The summed E-state index contributed by atoms with van der Waals surface area (Å²) in [6.45, 7) is 1.59. The molecule has 0 aliphatic rings. The molecule has 1 radical (unpaired) electrons. The van der Waals surface area contributed by atoms with Crippen LogP contribution in [0, 0.1) is 6.92 Å². The van der Waals surface area contributed by atoms with Crippen LogP contribution >= 0.6 is 11.6 Å². The molecule has 31 heavy (non-hydrogen) atoms. The minimum absolute atomic E-state index is 0. The predicted molar refractivity (Wildman–Crippen MR) is 116 cm³/mol. The summed E-state index contributed by atoms with van der Waals surface area (Å²) in [4.78, 5) is -1.12. The second-order valence-electron chi connectivity index (χ2n) is 6.26. The Morgan fingerprint density at radius 1 is 0.968 bits per heavy atom. The summed E-state index contributed by atoms with van der Waals surface area (Å²) < 4.78 is 64.7. The molecule has 0 atom stereocenters. The molecule has 10 nitrogen and oxygen atoms in total. The zero-order valence-electron chi connectivity index (χ0n) is 16.1. The Labute approximate surface area is 204 Å². The molecule has 0 aromatic heterocycles. The number of hydrogen-bond acceptors (Lipinski definition) is 8. The molecule has 3 aromatic carbocycles. The molecule has 5 N–H and O–H groups in total. The molecule has 159 valence electrons. The number of aromatic hydroxyl groups is 1. The Kier molecular flexibility index (Phi) is 7.40. The van der Waals surface area contributed by atoms with Crippen LogP contribution in [-0.2, 0) is 20.2 Å². The van der Waals surface area contributed by atoms with Crippen LogP contribution in [0.3, 0.4) is 0 Å². The van der Waals surface area contributed by atoms with Crippen molar-refractivity contribution in [3.05, 3.63) is 47.0 Å². The number of hydrogen-bond donors (Lipinski definition) is 4. The maximum absolute atomic E-state index is 11.6. The number of nitrogen functional groups attached to an aromatic ring is 1. The Bertz CT molecular complexity index is 1440. The Morgan fingerprint density at radius 2 is 1.61 bits per heavy atom. The summed E-state index contributed by atoms with van der Waals surface area (Å²) in [5.74, 6) is -0.552. The molecule has 0 unspecified atom stereocenters. The molecule has 0 aliphatic heterocycles. The summed E-state index contributed by atoms with van der Waals surface area (Å²) in [5, 5.41) is 18.3. The zero-order chi connectivity index (χ0) is 22.4. The number of azo groups is 1. The maximum Gasteiger partial charge on any atom is 0.296 e. The van der Waals surface area contributed by atoms with Crippen LogP contribution in [0.25, 0.3) is 10.8 Å². The van der Waals surface area contributed by atoms with Crippen molar-refractivity contribution in [1.82, 2.24) is 0 Å². The molecule has 0 bridgehead atoms. The van der Waals surface area contributed by atoms with Gasteiger partial charge in [0, 0.05) is 40.6 Å². The van der Waals surface area contributed by atoms with Gasteiger partial charge in [-0.3, -0.25) is 9.11 Å². The van der Waals surface area contributed by atoms with E-state index in [1.165, 1.54) is 18.2 Å². The van der Waals surface area contributed by atoms with Gasteiger partial charge in [0.1, 0.15) is 22.0 Å². The molecule has 0 heterocycles. The summed E-state index contributed by atoms with van der Waals surface area (Å²) in [7, 11) is -9.25. The van der Waals surface area contributed by atoms with E-state index in [2.05, 4.69) is 10.2 Å².